The third kappa shape index (κ3) is 6.18. The van der Waals surface area contributed by atoms with Crippen molar-refractivity contribution >= 4 is 17.3 Å². The molecule has 4 unspecified atom stereocenters. The molecule has 33 heavy (non-hydrogen) atoms. The van der Waals surface area contributed by atoms with E-state index in [1.807, 2.05) is 4.90 Å². The van der Waals surface area contributed by atoms with E-state index in [2.05, 4.69) is 25.7 Å². The second-order valence-electron chi connectivity index (χ2n) is 8.34. The van der Waals surface area contributed by atoms with Gasteiger partial charge in [-0.15, -0.1) is 4.91 Å². The fourth-order valence-corrected chi connectivity index (χ4v) is 4.32. The molecule has 0 saturated carbocycles. The van der Waals surface area contributed by atoms with Crippen LogP contribution in [0.15, 0.2) is 17.6 Å². The number of hydrogen-bond donors (Lipinski definition) is 3. The monoisotopic (exact) mass is 470 g/mol. The van der Waals surface area contributed by atoms with Gasteiger partial charge in [0.15, 0.2) is 12.0 Å². The number of amides is 1. The van der Waals surface area contributed by atoms with E-state index in [9.17, 15) is 18.5 Å². The molecule has 0 bridgehead atoms. The van der Waals surface area contributed by atoms with Crippen molar-refractivity contribution in [2.45, 2.75) is 18.5 Å². The number of nitrogens with two attached hydrogens (primary N) is 1. The van der Waals surface area contributed by atoms with Gasteiger partial charge in [0.25, 0.3) is 0 Å². The maximum Gasteiger partial charge on any atom is 0.234 e. The summed E-state index contributed by atoms with van der Waals surface area (Å²) in [5, 5.41) is 8.42. The average Bonchev–Trinajstić information content (AvgIpc) is 2.80. The number of piperazine rings is 1. The molecule has 13 heteroatoms. The Morgan fingerprint density at radius 1 is 1.39 bits per heavy atom. The Kier molecular flexibility index (Phi) is 8.97. The number of halogens is 2. The van der Waals surface area contributed by atoms with Crippen molar-refractivity contribution in [2.24, 2.45) is 16.8 Å². The number of alkyl halides is 1. The van der Waals surface area contributed by atoms with Gasteiger partial charge in [-0.2, -0.15) is 0 Å². The van der Waals surface area contributed by atoms with Gasteiger partial charge in [-0.05, 0) is 7.05 Å². The summed E-state index contributed by atoms with van der Waals surface area (Å²) in [5.41, 5.74) is 6.25. The predicted molar refractivity (Wildman–Crippen MR) is 120 cm³/mol. The molecule has 1 aromatic heterocycles. The molecular weight excluding hydrogens is 438 g/mol. The highest BCUT2D eigenvalue weighted by atomic mass is 19.1. The lowest BCUT2D eigenvalue weighted by Gasteiger charge is -2.40. The number of ether oxygens (including phenoxy) is 1. The summed E-state index contributed by atoms with van der Waals surface area (Å²) in [6.07, 6.45) is -0.748. The first kappa shape index (κ1) is 25.3. The Morgan fingerprint density at radius 3 is 2.76 bits per heavy atom. The van der Waals surface area contributed by atoms with Crippen LogP contribution in [0.2, 0.25) is 0 Å². The molecule has 2 aliphatic heterocycles. The summed E-state index contributed by atoms with van der Waals surface area (Å²) in [7, 11) is 3.27. The van der Waals surface area contributed by atoms with Crippen LogP contribution in [-0.4, -0.2) is 106 Å². The zero-order chi connectivity index (χ0) is 24.0. The van der Waals surface area contributed by atoms with Crippen molar-refractivity contribution in [3.63, 3.8) is 0 Å². The molecule has 2 saturated heterocycles. The molecule has 4 atom stereocenters. The number of nitroso groups, excluding NO2 is 1. The molecule has 11 nitrogen and oxygen atoms in total. The normalized spacial score (nSPS) is 24.3. The first-order valence-corrected chi connectivity index (χ1v) is 10.9. The van der Waals surface area contributed by atoms with Gasteiger partial charge in [0.1, 0.15) is 17.8 Å². The number of pyridine rings is 1. The summed E-state index contributed by atoms with van der Waals surface area (Å²) < 4.78 is 33.7. The third-order valence-electron chi connectivity index (χ3n) is 6.07. The number of anilines is 2. The molecule has 0 spiro atoms. The van der Waals surface area contributed by atoms with E-state index >= 15 is 0 Å². The van der Waals surface area contributed by atoms with Crippen LogP contribution in [0.25, 0.3) is 0 Å². The van der Waals surface area contributed by atoms with Crippen molar-refractivity contribution in [1.29, 1.82) is 0 Å². The minimum atomic E-state index is -1.38. The zero-order valence-electron chi connectivity index (χ0n) is 18.9. The quantitative estimate of drug-likeness (QED) is 0.420. The first-order chi connectivity index (χ1) is 15.8. The fourth-order valence-electron chi connectivity index (χ4n) is 4.32. The Hall–Kier alpha value is -2.32. The van der Waals surface area contributed by atoms with E-state index in [-0.39, 0.29) is 24.5 Å². The van der Waals surface area contributed by atoms with Crippen LogP contribution in [0.3, 0.4) is 0 Å². The van der Waals surface area contributed by atoms with Gasteiger partial charge < -0.3 is 20.7 Å². The van der Waals surface area contributed by atoms with E-state index in [1.54, 1.807) is 19.1 Å². The van der Waals surface area contributed by atoms with Gasteiger partial charge in [0.05, 0.1) is 30.9 Å². The van der Waals surface area contributed by atoms with Crippen LogP contribution in [0, 0.1) is 16.6 Å². The van der Waals surface area contributed by atoms with Crippen molar-refractivity contribution in [3.05, 3.63) is 23.1 Å². The van der Waals surface area contributed by atoms with Crippen LogP contribution in [0.1, 0.15) is 0 Å². The smallest absolute Gasteiger partial charge is 0.234 e. The molecule has 3 rings (SSSR count). The number of methoxy groups -OCH3 is 1. The summed E-state index contributed by atoms with van der Waals surface area (Å²) >= 11 is 0. The summed E-state index contributed by atoms with van der Waals surface area (Å²) in [6, 6.07) is 0. The van der Waals surface area contributed by atoms with Gasteiger partial charge in [0, 0.05) is 52.9 Å². The Morgan fingerprint density at radius 2 is 2.12 bits per heavy atom. The average molecular weight is 471 g/mol. The SMILES string of the molecule is COCCN1CCN(c2c(F)cncc2NC(=O)C(C(N)N=O)C2NCC(F)CN2C)CC1. The topological polar surface area (TPSA) is 128 Å². The van der Waals surface area contributed by atoms with E-state index in [0.717, 1.165) is 12.7 Å². The third-order valence-corrected chi connectivity index (χ3v) is 6.07. The Labute approximate surface area is 191 Å². The number of nitrogens with zero attached hydrogens (tertiary/aromatic N) is 5. The summed E-state index contributed by atoms with van der Waals surface area (Å²) in [6.45, 7) is 4.02. The fraction of sp³-hybridized carbons (Fsp3) is 0.700. The van der Waals surface area contributed by atoms with E-state index in [0.29, 0.717) is 32.8 Å². The minimum absolute atomic E-state index is 0.0183. The summed E-state index contributed by atoms with van der Waals surface area (Å²) in [4.78, 5) is 33.9. The molecule has 1 aromatic rings. The van der Waals surface area contributed by atoms with Crippen LogP contribution >= 0.6 is 0 Å². The van der Waals surface area contributed by atoms with Crippen LogP contribution < -0.4 is 21.3 Å². The van der Waals surface area contributed by atoms with Crippen LogP contribution in [0.4, 0.5) is 20.2 Å². The minimum Gasteiger partial charge on any atom is -0.383 e. The first-order valence-electron chi connectivity index (χ1n) is 10.9. The maximum atomic E-state index is 14.8. The molecule has 2 fully saturated rings. The van der Waals surface area contributed by atoms with Gasteiger partial charge in [0.2, 0.25) is 5.91 Å². The lowest BCUT2D eigenvalue weighted by Crippen LogP contribution is -2.62. The highest BCUT2D eigenvalue weighted by Crippen LogP contribution is 2.30. The summed E-state index contributed by atoms with van der Waals surface area (Å²) in [5.74, 6) is -2.32. The van der Waals surface area contributed by atoms with Crippen molar-refractivity contribution in [1.82, 2.24) is 20.1 Å². The number of rotatable bonds is 9. The van der Waals surface area contributed by atoms with Crippen molar-refractivity contribution in [3.8, 4) is 0 Å². The highest BCUT2D eigenvalue weighted by Gasteiger charge is 2.40. The number of aromatic nitrogens is 1. The molecule has 2 aliphatic rings. The largest absolute Gasteiger partial charge is 0.383 e. The lowest BCUT2D eigenvalue weighted by molar-refractivity contribution is -0.124. The number of nitrogens with one attached hydrogen (secondary N) is 2. The second-order valence-corrected chi connectivity index (χ2v) is 8.34. The number of carbonyl (C=O) groups excluding carboxylic acids is 1. The standard InChI is InChI=1S/C20H32F2N8O3/c1-28-12-13(21)9-25-19(28)16(18(23)27-32)20(31)26-15-11-24-10-14(22)17(15)30-5-3-29(4-6-30)7-8-33-2/h10-11,13,16,18-19,25H,3-9,12,23H2,1-2H3,(H,26,31). The van der Waals surface area contributed by atoms with Crippen molar-refractivity contribution in [2.75, 3.05) is 76.8 Å². The molecule has 0 radical (unpaired) electrons. The predicted octanol–water partition coefficient (Wildman–Crippen LogP) is -0.206. The molecule has 4 N–H and O–H groups in total. The lowest BCUT2D eigenvalue weighted by atomic mass is 9.98. The van der Waals surface area contributed by atoms with Gasteiger partial charge in [-0.1, -0.05) is 5.18 Å². The molecule has 184 valence electrons. The Bertz CT molecular complexity index is 812. The Balaban J connectivity index is 1.77. The second kappa shape index (κ2) is 11.7. The van der Waals surface area contributed by atoms with E-state index < -0.39 is 36.1 Å². The molecule has 0 aromatic carbocycles. The zero-order valence-corrected chi connectivity index (χ0v) is 18.9. The van der Waals surface area contributed by atoms with Crippen LogP contribution in [0.5, 0.6) is 0 Å². The number of carbonyl (C=O) groups is 1. The molecule has 0 aliphatic carbocycles. The maximum absolute atomic E-state index is 14.8. The van der Waals surface area contributed by atoms with Gasteiger partial charge >= 0.3 is 0 Å². The number of hydrogen-bond acceptors (Lipinski definition) is 10. The highest BCUT2D eigenvalue weighted by molar-refractivity contribution is 5.96. The van der Waals surface area contributed by atoms with E-state index in [4.69, 9.17) is 10.5 Å². The van der Waals surface area contributed by atoms with Crippen molar-refractivity contribution < 1.29 is 18.3 Å². The van der Waals surface area contributed by atoms with Crippen LogP contribution in [-0.2, 0) is 9.53 Å². The van der Waals surface area contributed by atoms with E-state index in [1.165, 1.54) is 6.20 Å². The molecule has 3 heterocycles. The van der Waals surface area contributed by atoms with Gasteiger partial charge in [-0.25, -0.2) is 8.78 Å². The van der Waals surface area contributed by atoms with Gasteiger partial charge in [-0.3, -0.25) is 24.9 Å². The molecule has 1 amide bonds. The molecular formula is C20H32F2N8O3.